The SMILES string of the molecule is O=C(NC1CCCN(Cc2ccccn2)C1=O)N1C[C@@H]2CCC[C@@]2(C(=O)O)C1. The Kier molecular flexibility index (Phi) is 4.95. The summed E-state index contributed by atoms with van der Waals surface area (Å²) in [6.07, 6.45) is 5.48. The molecular weight excluding hydrogens is 360 g/mol. The fraction of sp³-hybridized carbons (Fsp3) is 0.600. The molecule has 3 atom stereocenters. The Morgan fingerprint density at radius 3 is 2.86 bits per heavy atom. The van der Waals surface area contributed by atoms with Crippen LogP contribution in [0, 0.1) is 11.3 Å². The number of rotatable bonds is 4. The second kappa shape index (κ2) is 7.41. The van der Waals surface area contributed by atoms with Crippen LogP contribution >= 0.6 is 0 Å². The maximum Gasteiger partial charge on any atom is 0.318 e. The van der Waals surface area contributed by atoms with Crippen LogP contribution < -0.4 is 5.32 Å². The molecule has 3 aliphatic rings. The largest absolute Gasteiger partial charge is 0.481 e. The van der Waals surface area contributed by atoms with Crippen LogP contribution in [0.3, 0.4) is 0 Å². The minimum absolute atomic E-state index is 0.0125. The van der Waals surface area contributed by atoms with E-state index in [0.29, 0.717) is 32.5 Å². The lowest BCUT2D eigenvalue weighted by molar-refractivity contribution is -0.149. The van der Waals surface area contributed by atoms with Gasteiger partial charge in [0.2, 0.25) is 5.91 Å². The molecule has 2 aliphatic heterocycles. The van der Waals surface area contributed by atoms with Gasteiger partial charge in [-0.05, 0) is 43.7 Å². The highest BCUT2D eigenvalue weighted by Gasteiger charge is 2.56. The lowest BCUT2D eigenvalue weighted by Gasteiger charge is -2.33. The summed E-state index contributed by atoms with van der Waals surface area (Å²) < 4.78 is 0. The number of carbonyl (C=O) groups excluding carboxylic acids is 2. The zero-order valence-corrected chi connectivity index (χ0v) is 15.8. The fourth-order valence-corrected chi connectivity index (χ4v) is 4.95. The van der Waals surface area contributed by atoms with Gasteiger partial charge in [0, 0.05) is 25.8 Å². The van der Waals surface area contributed by atoms with E-state index in [-0.39, 0.29) is 24.4 Å². The number of fused-ring (bicyclic) bond motifs is 1. The number of carboxylic acid groups (broad SMARTS) is 1. The fourth-order valence-electron chi connectivity index (χ4n) is 4.95. The van der Waals surface area contributed by atoms with E-state index < -0.39 is 17.4 Å². The van der Waals surface area contributed by atoms with Crippen LogP contribution in [0.2, 0.25) is 0 Å². The third-order valence-corrected chi connectivity index (χ3v) is 6.49. The van der Waals surface area contributed by atoms with Crippen LogP contribution in [0.1, 0.15) is 37.8 Å². The molecule has 28 heavy (non-hydrogen) atoms. The van der Waals surface area contributed by atoms with Crippen molar-refractivity contribution in [2.24, 2.45) is 11.3 Å². The predicted molar refractivity (Wildman–Crippen MR) is 100 cm³/mol. The molecule has 0 aromatic carbocycles. The van der Waals surface area contributed by atoms with Gasteiger partial charge < -0.3 is 20.2 Å². The number of amides is 3. The highest BCUT2D eigenvalue weighted by molar-refractivity contribution is 5.88. The van der Waals surface area contributed by atoms with E-state index in [9.17, 15) is 19.5 Å². The van der Waals surface area contributed by atoms with Crippen LogP contribution in [0.25, 0.3) is 0 Å². The van der Waals surface area contributed by atoms with Crippen molar-refractivity contribution in [2.45, 2.75) is 44.7 Å². The first kappa shape index (κ1) is 18.7. The standard InChI is InChI=1S/C20H26N4O4/c25-17-16(7-4-10-23(17)12-15-6-1-2-9-21-15)22-19(28)24-11-14-5-3-8-20(14,13-24)18(26)27/h1-2,6,9,14,16H,3-5,7-8,10-13H2,(H,22,28)(H,26,27)/t14-,16?,20+/m0/s1. The third-order valence-electron chi connectivity index (χ3n) is 6.49. The number of likely N-dealkylation sites (tertiary alicyclic amines) is 2. The Hall–Kier alpha value is -2.64. The number of carboxylic acids is 1. The molecule has 1 unspecified atom stereocenters. The average Bonchev–Trinajstić information content (AvgIpc) is 3.24. The summed E-state index contributed by atoms with van der Waals surface area (Å²) in [6, 6.07) is 4.71. The van der Waals surface area contributed by atoms with Crippen molar-refractivity contribution in [1.82, 2.24) is 20.1 Å². The van der Waals surface area contributed by atoms with E-state index in [4.69, 9.17) is 0 Å². The van der Waals surface area contributed by atoms with Gasteiger partial charge in [0.1, 0.15) is 6.04 Å². The quantitative estimate of drug-likeness (QED) is 0.816. The number of hydrogen-bond donors (Lipinski definition) is 2. The highest BCUT2D eigenvalue weighted by Crippen LogP contribution is 2.48. The van der Waals surface area contributed by atoms with Crippen LogP contribution in [-0.2, 0) is 16.1 Å². The van der Waals surface area contributed by atoms with Crippen molar-refractivity contribution in [3.63, 3.8) is 0 Å². The molecule has 1 aromatic heterocycles. The highest BCUT2D eigenvalue weighted by atomic mass is 16.4. The summed E-state index contributed by atoms with van der Waals surface area (Å²) in [6.45, 7) is 1.77. The molecule has 0 radical (unpaired) electrons. The number of aromatic nitrogens is 1. The van der Waals surface area contributed by atoms with Gasteiger partial charge in [0.05, 0.1) is 17.7 Å². The molecule has 3 fully saturated rings. The topological polar surface area (TPSA) is 103 Å². The maximum atomic E-state index is 12.8. The molecule has 3 heterocycles. The second-order valence-electron chi connectivity index (χ2n) is 8.16. The zero-order valence-electron chi connectivity index (χ0n) is 15.8. The van der Waals surface area contributed by atoms with Crippen molar-refractivity contribution in [3.05, 3.63) is 30.1 Å². The summed E-state index contributed by atoms with van der Waals surface area (Å²) >= 11 is 0. The van der Waals surface area contributed by atoms with Gasteiger partial charge in [-0.3, -0.25) is 14.6 Å². The zero-order chi connectivity index (χ0) is 19.7. The molecule has 1 saturated carbocycles. The molecule has 0 bridgehead atoms. The van der Waals surface area contributed by atoms with Gasteiger partial charge in [-0.2, -0.15) is 0 Å². The van der Waals surface area contributed by atoms with Crippen LogP contribution in [-0.4, -0.2) is 63.5 Å². The van der Waals surface area contributed by atoms with E-state index in [0.717, 1.165) is 25.0 Å². The normalized spacial score (nSPS) is 29.6. The van der Waals surface area contributed by atoms with Gasteiger partial charge in [0.15, 0.2) is 0 Å². The van der Waals surface area contributed by atoms with Gasteiger partial charge in [-0.15, -0.1) is 0 Å². The molecule has 8 heteroatoms. The molecule has 1 aliphatic carbocycles. The number of pyridine rings is 1. The Balaban J connectivity index is 1.38. The van der Waals surface area contributed by atoms with E-state index in [1.807, 2.05) is 18.2 Å². The first-order chi connectivity index (χ1) is 13.5. The summed E-state index contributed by atoms with van der Waals surface area (Å²) in [5.74, 6) is -0.892. The van der Waals surface area contributed by atoms with Crippen molar-refractivity contribution < 1.29 is 19.5 Å². The molecule has 4 rings (SSSR count). The maximum absolute atomic E-state index is 12.8. The van der Waals surface area contributed by atoms with Crippen molar-refractivity contribution in [3.8, 4) is 0 Å². The van der Waals surface area contributed by atoms with Gasteiger partial charge in [0.25, 0.3) is 0 Å². The summed E-state index contributed by atoms with van der Waals surface area (Å²) in [5, 5.41) is 12.5. The number of carbonyl (C=O) groups is 3. The Labute approximate surface area is 163 Å². The van der Waals surface area contributed by atoms with Gasteiger partial charge >= 0.3 is 12.0 Å². The summed E-state index contributed by atoms with van der Waals surface area (Å²) in [4.78, 5) is 45.0. The van der Waals surface area contributed by atoms with E-state index in [1.54, 1.807) is 16.0 Å². The lowest BCUT2D eigenvalue weighted by Crippen LogP contribution is -2.54. The number of nitrogens with one attached hydrogen (secondary N) is 1. The van der Waals surface area contributed by atoms with E-state index in [1.165, 1.54) is 0 Å². The first-order valence-corrected chi connectivity index (χ1v) is 9.97. The number of nitrogens with zero attached hydrogens (tertiary/aromatic N) is 3. The number of hydrogen-bond acceptors (Lipinski definition) is 4. The average molecular weight is 386 g/mol. The van der Waals surface area contributed by atoms with Crippen molar-refractivity contribution >= 4 is 17.9 Å². The number of piperidine rings is 1. The summed E-state index contributed by atoms with van der Waals surface area (Å²) in [7, 11) is 0. The number of aliphatic carboxylic acids is 1. The second-order valence-corrected chi connectivity index (χ2v) is 8.16. The minimum Gasteiger partial charge on any atom is -0.481 e. The van der Waals surface area contributed by atoms with E-state index >= 15 is 0 Å². The Morgan fingerprint density at radius 2 is 2.14 bits per heavy atom. The van der Waals surface area contributed by atoms with Gasteiger partial charge in [-0.25, -0.2) is 4.79 Å². The lowest BCUT2D eigenvalue weighted by atomic mass is 9.81. The molecule has 2 N–H and O–H groups in total. The molecule has 0 spiro atoms. The van der Waals surface area contributed by atoms with Crippen LogP contribution in [0.5, 0.6) is 0 Å². The van der Waals surface area contributed by atoms with Crippen LogP contribution in [0.15, 0.2) is 24.4 Å². The van der Waals surface area contributed by atoms with Crippen LogP contribution in [0.4, 0.5) is 4.79 Å². The molecule has 1 aromatic rings. The number of urea groups is 1. The Morgan fingerprint density at radius 1 is 1.29 bits per heavy atom. The third kappa shape index (κ3) is 3.31. The molecule has 3 amide bonds. The molecule has 8 nitrogen and oxygen atoms in total. The van der Waals surface area contributed by atoms with Gasteiger partial charge in [-0.1, -0.05) is 12.5 Å². The van der Waals surface area contributed by atoms with Crippen molar-refractivity contribution in [1.29, 1.82) is 0 Å². The molecular formula is C20H26N4O4. The molecule has 150 valence electrons. The Bertz CT molecular complexity index is 771. The molecule has 2 saturated heterocycles. The summed E-state index contributed by atoms with van der Waals surface area (Å²) in [5.41, 5.74) is 0.0115. The predicted octanol–water partition coefficient (Wildman–Crippen LogP) is 1.47. The van der Waals surface area contributed by atoms with Crippen molar-refractivity contribution in [2.75, 3.05) is 19.6 Å². The smallest absolute Gasteiger partial charge is 0.318 e. The monoisotopic (exact) mass is 386 g/mol. The minimum atomic E-state index is -0.807. The first-order valence-electron chi connectivity index (χ1n) is 9.97. The van der Waals surface area contributed by atoms with E-state index in [2.05, 4.69) is 10.3 Å².